The van der Waals surface area contributed by atoms with Crippen LogP contribution in [-0.2, 0) is 9.53 Å². The SMILES string of the molecule is CCCCCCCCCCCCCCCCC=CCCCCCCCCOC(C)=O. The molecule has 0 bridgehead atoms. The Morgan fingerprint density at radius 1 is 0.533 bits per heavy atom. The van der Waals surface area contributed by atoms with E-state index in [1.165, 1.54) is 142 Å². The van der Waals surface area contributed by atoms with E-state index in [0.29, 0.717) is 6.61 Å². The summed E-state index contributed by atoms with van der Waals surface area (Å²) < 4.78 is 4.94. The predicted molar refractivity (Wildman–Crippen MR) is 133 cm³/mol. The van der Waals surface area contributed by atoms with Crippen molar-refractivity contribution in [3.05, 3.63) is 12.2 Å². The van der Waals surface area contributed by atoms with Crippen LogP contribution in [0.25, 0.3) is 0 Å². The molecule has 0 aliphatic rings. The summed E-state index contributed by atoms with van der Waals surface area (Å²) in [6.07, 6.45) is 34.9. The normalized spacial score (nSPS) is 11.4. The molecule has 0 aromatic heterocycles. The van der Waals surface area contributed by atoms with E-state index in [1.807, 2.05) is 0 Å². The molecule has 0 fully saturated rings. The van der Waals surface area contributed by atoms with Gasteiger partial charge in [0.05, 0.1) is 6.61 Å². The summed E-state index contributed by atoms with van der Waals surface area (Å²) in [5, 5.41) is 0. The van der Waals surface area contributed by atoms with Crippen LogP contribution in [0.4, 0.5) is 0 Å². The van der Waals surface area contributed by atoms with Crippen molar-refractivity contribution in [2.24, 2.45) is 0 Å². The van der Waals surface area contributed by atoms with Crippen LogP contribution in [0.15, 0.2) is 12.2 Å². The molecular weight excluding hydrogens is 368 g/mol. The van der Waals surface area contributed by atoms with Crippen molar-refractivity contribution < 1.29 is 9.53 Å². The van der Waals surface area contributed by atoms with Gasteiger partial charge in [0.15, 0.2) is 0 Å². The smallest absolute Gasteiger partial charge is 0.302 e. The lowest BCUT2D eigenvalue weighted by molar-refractivity contribution is -0.141. The standard InChI is InChI=1S/C28H54O2/c1-3-4-5-6-7-8-9-10-11-12-13-14-15-16-17-18-19-20-21-22-23-24-25-26-27-30-28(2)29/h18-19H,3-17,20-27H2,1-2H3. The number of ether oxygens (including phenoxy) is 1. The monoisotopic (exact) mass is 422 g/mol. The summed E-state index contributed by atoms with van der Waals surface area (Å²) >= 11 is 0. The first-order valence-corrected chi connectivity index (χ1v) is 13.6. The molecule has 0 aromatic rings. The lowest BCUT2D eigenvalue weighted by Crippen LogP contribution is -1.99. The predicted octanol–water partition coefficient (Wildman–Crippen LogP) is 9.71. The molecule has 0 atom stereocenters. The lowest BCUT2D eigenvalue weighted by Gasteiger charge is -2.03. The van der Waals surface area contributed by atoms with Crippen molar-refractivity contribution in [3.8, 4) is 0 Å². The summed E-state index contributed by atoms with van der Waals surface area (Å²) in [5.74, 6) is -0.157. The van der Waals surface area contributed by atoms with Gasteiger partial charge in [-0.1, -0.05) is 128 Å². The third-order valence-electron chi connectivity index (χ3n) is 5.96. The number of allylic oxidation sites excluding steroid dienone is 2. The summed E-state index contributed by atoms with van der Waals surface area (Å²) in [7, 11) is 0. The van der Waals surface area contributed by atoms with Crippen molar-refractivity contribution >= 4 is 5.97 Å². The quantitative estimate of drug-likeness (QED) is 0.0878. The fourth-order valence-electron chi connectivity index (χ4n) is 3.98. The van der Waals surface area contributed by atoms with Gasteiger partial charge in [-0.15, -0.1) is 0 Å². The molecule has 0 aliphatic heterocycles. The Morgan fingerprint density at radius 2 is 0.867 bits per heavy atom. The summed E-state index contributed by atoms with van der Waals surface area (Å²) in [5.41, 5.74) is 0. The maximum atomic E-state index is 10.6. The highest BCUT2D eigenvalue weighted by molar-refractivity contribution is 5.65. The van der Waals surface area contributed by atoms with Crippen molar-refractivity contribution in [2.45, 2.75) is 155 Å². The molecule has 0 rings (SSSR count). The molecule has 0 N–H and O–H groups in total. The van der Waals surface area contributed by atoms with Gasteiger partial charge in [0.2, 0.25) is 0 Å². The van der Waals surface area contributed by atoms with E-state index in [1.54, 1.807) is 0 Å². The van der Waals surface area contributed by atoms with Gasteiger partial charge in [-0.3, -0.25) is 4.79 Å². The molecule has 0 heterocycles. The van der Waals surface area contributed by atoms with Crippen molar-refractivity contribution in [3.63, 3.8) is 0 Å². The Hall–Kier alpha value is -0.790. The topological polar surface area (TPSA) is 26.3 Å². The van der Waals surface area contributed by atoms with Crippen molar-refractivity contribution in [1.82, 2.24) is 0 Å². The van der Waals surface area contributed by atoms with Gasteiger partial charge < -0.3 is 4.74 Å². The van der Waals surface area contributed by atoms with Crippen LogP contribution in [0.2, 0.25) is 0 Å². The highest BCUT2D eigenvalue weighted by Gasteiger charge is 1.95. The lowest BCUT2D eigenvalue weighted by atomic mass is 10.0. The molecule has 2 nitrogen and oxygen atoms in total. The molecular formula is C28H54O2. The summed E-state index contributed by atoms with van der Waals surface area (Å²) in [4.78, 5) is 10.6. The first-order valence-electron chi connectivity index (χ1n) is 13.6. The fraction of sp³-hybridized carbons (Fsp3) is 0.893. The second-order valence-electron chi connectivity index (χ2n) is 9.11. The molecule has 0 saturated carbocycles. The molecule has 2 heteroatoms. The second kappa shape index (κ2) is 26.2. The van der Waals surface area contributed by atoms with Gasteiger partial charge >= 0.3 is 5.97 Å². The largest absolute Gasteiger partial charge is 0.466 e. The Morgan fingerprint density at radius 3 is 1.23 bits per heavy atom. The van der Waals surface area contributed by atoms with Crippen LogP contribution in [0.3, 0.4) is 0 Å². The van der Waals surface area contributed by atoms with Crippen LogP contribution in [0.5, 0.6) is 0 Å². The van der Waals surface area contributed by atoms with Crippen LogP contribution in [0, 0.1) is 0 Å². The zero-order valence-electron chi connectivity index (χ0n) is 20.7. The van der Waals surface area contributed by atoms with Crippen LogP contribution in [0.1, 0.15) is 155 Å². The maximum absolute atomic E-state index is 10.6. The zero-order chi connectivity index (χ0) is 22.0. The minimum Gasteiger partial charge on any atom is -0.466 e. The van der Waals surface area contributed by atoms with E-state index in [-0.39, 0.29) is 5.97 Å². The molecule has 0 saturated heterocycles. The zero-order valence-corrected chi connectivity index (χ0v) is 20.7. The first-order chi connectivity index (χ1) is 14.8. The average molecular weight is 423 g/mol. The summed E-state index contributed by atoms with van der Waals surface area (Å²) in [6, 6.07) is 0. The molecule has 0 spiro atoms. The Labute approximate surface area is 189 Å². The average Bonchev–Trinajstić information content (AvgIpc) is 2.73. The Kier molecular flexibility index (Phi) is 25.6. The number of hydrogen-bond acceptors (Lipinski definition) is 2. The van der Waals surface area contributed by atoms with Gasteiger partial charge in [-0.05, 0) is 32.1 Å². The number of unbranched alkanes of at least 4 members (excludes halogenated alkanes) is 20. The van der Waals surface area contributed by atoms with Gasteiger partial charge in [-0.25, -0.2) is 0 Å². The third-order valence-corrected chi connectivity index (χ3v) is 5.96. The van der Waals surface area contributed by atoms with Crippen LogP contribution >= 0.6 is 0 Å². The highest BCUT2D eigenvalue weighted by Crippen LogP contribution is 2.13. The van der Waals surface area contributed by atoms with Crippen LogP contribution < -0.4 is 0 Å². The highest BCUT2D eigenvalue weighted by atomic mass is 16.5. The number of carbonyl (C=O) groups is 1. The molecule has 0 unspecified atom stereocenters. The van der Waals surface area contributed by atoms with Gasteiger partial charge in [0.1, 0.15) is 0 Å². The molecule has 30 heavy (non-hydrogen) atoms. The van der Waals surface area contributed by atoms with E-state index in [9.17, 15) is 4.79 Å². The maximum Gasteiger partial charge on any atom is 0.302 e. The number of rotatable bonds is 24. The van der Waals surface area contributed by atoms with E-state index in [4.69, 9.17) is 4.74 Å². The summed E-state index contributed by atoms with van der Waals surface area (Å²) in [6.45, 7) is 4.37. The van der Waals surface area contributed by atoms with E-state index in [2.05, 4.69) is 19.1 Å². The van der Waals surface area contributed by atoms with Gasteiger partial charge in [-0.2, -0.15) is 0 Å². The van der Waals surface area contributed by atoms with Crippen molar-refractivity contribution in [2.75, 3.05) is 6.61 Å². The second-order valence-corrected chi connectivity index (χ2v) is 9.11. The number of hydrogen-bond donors (Lipinski definition) is 0. The molecule has 0 amide bonds. The number of carbonyl (C=O) groups excluding carboxylic acids is 1. The van der Waals surface area contributed by atoms with Crippen molar-refractivity contribution in [1.29, 1.82) is 0 Å². The van der Waals surface area contributed by atoms with Gasteiger partial charge in [0.25, 0.3) is 0 Å². The molecule has 0 aliphatic carbocycles. The third kappa shape index (κ3) is 27.2. The minimum atomic E-state index is -0.157. The fourth-order valence-corrected chi connectivity index (χ4v) is 3.98. The molecule has 0 radical (unpaired) electrons. The first kappa shape index (κ1) is 29.2. The number of esters is 1. The van der Waals surface area contributed by atoms with Crippen LogP contribution in [-0.4, -0.2) is 12.6 Å². The van der Waals surface area contributed by atoms with E-state index < -0.39 is 0 Å². The Bertz CT molecular complexity index is 362. The van der Waals surface area contributed by atoms with Gasteiger partial charge in [0, 0.05) is 6.92 Å². The van der Waals surface area contributed by atoms with E-state index >= 15 is 0 Å². The molecule has 178 valence electrons. The minimum absolute atomic E-state index is 0.157. The Balaban J connectivity index is 3.08. The van der Waals surface area contributed by atoms with E-state index in [0.717, 1.165) is 6.42 Å². The molecule has 0 aromatic carbocycles.